The summed E-state index contributed by atoms with van der Waals surface area (Å²) in [6.45, 7) is 2.22. The lowest BCUT2D eigenvalue weighted by Crippen LogP contribution is -2.34. The van der Waals surface area contributed by atoms with Gasteiger partial charge in [-0.2, -0.15) is 0 Å². The minimum Gasteiger partial charge on any atom is -0.376 e. The average molecular weight is 321 g/mol. The summed E-state index contributed by atoms with van der Waals surface area (Å²) in [4.78, 5) is 7.58. The van der Waals surface area contributed by atoms with E-state index in [1.807, 2.05) is 24.4 Å². The third kappa shape index (κ3) is 3.72. The summed E-state index contributed by atoms with van der Waals surface area (Å²) in [5.74, 6) is 0.480. The fraction of sp³-hybridized carbons (Fsp3) is 0.438. The highest BCUT2D eigenvalue weighted by atomic mass is 35.5. The lowest BCUT2D eigenvalue weighted by molar-refractivity contribution is 0.118. The van der Waals surface area contributed by atoms with Crippen LogP contribution in [-0.4, -0.2) is 36.7 Å². The van der Waals surface area contributed by atoms with Gasteiger partial charge in [-0.25, -0.2) is 0 Å². The second kappa shape index (κ2) is 7.03. The van der Waals surface area contributed by atoms with E-state index in [1.54, 1.807) is 0 Å². The van der Waals surface area contributed by atoms with Crippen molar-refractivity contribution < 1.29 is 4.74 Å². The molecular formula is C16H21ClN4O. The molecule has 2 heterocycles. The van der Waals surface area contributed by atoms with Crippen molar-refractivity contribution in [3.05, 3.63) is 35.0 Å². The molecule has 2 aromatic rings. The number of benzene rings is 1. The molecular weight excluding hydrogens is 300 g/mol. The second-order valence-electron chi connectivity index (χ2n) is 5.54. The van der Waals surface area contributed by atoms with Gasteiger partial charge in [-0.05, 0) is 43.0 Å². The van der Waals surface area contributed by atoms with Crippen LogP contribution in [0.2, 0.25) is 5.02 Å². The number of rotatable bonds is 5. The van der Waals surface area contributed by atoms with Crippen molar-refractivity contribution in [1.29, 1.82) is 0 Å². The van der Waals surface area contributed by atoms with Crippen LogP contribution >= 0.6 is 11.6 Å². The number of halogens is 1. The van der Waals surface area contributed by atoms with E-state index in [1.165, 1.54) is 5.56 Å². The van der Waals surface area contributed by atoms with Gasteiger partial charge in [-0.15, -0.1) is 0 Å². The summed E-state index contributed by atoms with van der Waals surface area (Å²) in [5.41, 5.74) is 8.20. The van der Waals surface area contributed by atoms with Gasteiger partial charge in [-0.1, -0.05) is 11.6 Å². The maximum absolute atomic E-state index is 6.06. The molecule has 0 spiro atoms. The minimum absolute atomic E-state index is 0.233. The van der Waals surface area contributed by atoms with E-state index in [0.29, 0.717) is 12.5 Å². The third-order valence-corrected chi connectivity index (χ3v) is 4.15. The fourth-order valence-electron chi connectivity index (χ4n) is 2.73. The van der Waals surface area contributed by atoms with Gasteiger partial charge in [0.1, 0.15) is 0 Å². The van der Waals surface area contributed by atoms with Gasteiger partial charge in [0, 0.05) is 35.3 Å². The molecule has 0 bridgehead atoms. The van der Waals surface area contributed by atoms with Gasteiger partial charge in [0.05, 0.1) is 12.6 Å². The van der Waals surface area contributed by atoms with Crippen LogP contribution in [-0.2, 0) is 11.2 Å². The summed E-state index contributed by atoms with van der Waals surface area (Å²) in [5, 5.41) is 5.06. The molecule has 0 aliphatic carbocycles. The second-order valence-corrected chi connectivity index (χ2v) is 5.98. The molecule has 1 aromatic heterocycles. The van der Waals surface area contributed by atoms with Crippen LogP contribution in [0, 0.1) is 0 Å². The van der Waals surface area contributed by atoms with E-state index in [9.17, 15) is 0 Å². The Morgan fingerprint density at radius 3 is 3.23 bits per heavy atom. The Morgan fingerprint density at radius 2 is 2.41 bits per heavy atom. The maximum atomic E-state index is 6.06. The Kier molecular flexibility index (Phi) is 4.85. The standard InChI is InChI=1S/C16H21ClN4O/c17-12-3-4-15-14(8-12)11(9-20-15)5-6-19-16(18)21-10-13-2-1-7-22-13/h3-4,8-9,13,20H,1-2,5-7,10H2,(H3,18,19,21). The van der Waals surface area contributed by atoms with Crippen molar-refractivity contribution in [1.82, 2.24) is 10.3 Å². The van der Waals surface area contributed by atoms with Gasteiger partial charge < -0.3 is 20.8 Å². The molecule has 22 heavy (non-hydrogen) atoms. The lowest BCUT2D eigenvalue weighted by atomic mass is 10.1. The minimum atomic E-state index is 0.233. The van der Waals surface area contributed by atoms with Gasteiger partial charge in [0.15, 0.2) is 5.96 Å². The largest absolute Gasteiger partial charge is 0.376 e. The van der Waals surface area contributed by atoms with E-state index in [0.717, 1.165) is 48.3 Å². The fourth-order valence-corrected chi connectivity index (χ4v) is 2.90. The number of hydrogen-bond donors (Lipinski definition) is 3. The monoisotopic (exact) mass is 320 g/mol. The molecule has 1 aromatic carbocycles. The van der Waals surface area contributed by atoms with Gasteiger partial charge in [0.2, 0.25) is 0 Å². The summed E-state index contributed by atoms with van der Waals surface area (Å²) in [6.07, 6.45) is 5.30. The number of hydrogen-bond acceptors (Lipinski definition) is 2. The van der Waals surface area contributed by atoms with Crippen molar-refractivity contribution in [3.8, 4) is 0 Å². The first-order valence-electron chi connectivity index (χ1n) is 7.63. The zero-order chi connectivity index (χ0) is 15.4. The van der Waals surface area contributed by atoms with Crippen LogP contribution in [0.5, 0.6) is 0 Å². The van der Waals surface area contributed by atoms with E-state index in [2.05, 4.69) is 15.3 Å². The molecule has 1 saturated heterocycles. The number of fused-ring (bicyclic) bond motifs is 1. The predicted octanol–water partition coefficient (Wildman–Crippen LogP) is 2.45. The molecule has 0 saturated carbocycles. The van der Waals surface area contributed by atoms with Crippen molar-refractivity contribution >= 4 is 28.5 Å². The highest BCUT2D eigenvalue weighted by molar-refractivity contribution is 6.31. The lowest BCUT2D eigenvalue weighted by Gasteiger charge is -2.08. The van der Waals surface area contributed by atoms with Crippen LogP contribution in [0.4, 0.5) is 0 Å². The summed E-state index contributed by atoms with van der Waals surface area (Å²) in [6, 6.07) is 5.86. The average Bonchev–Trinajstić information content (AvgIpc) is 3.15. The first kappa shape index (κ1) is 15.2. The number of guanidine groups is 1. The zero-order valence-corrected chi connectivity index (χ0v) is 13.2. The topological polar surface area (TPSA) is 75.4 Å². The Balaban J connectivity index is 1.51. The van der Waals surface area contributed by atoms with Crippen molar-refractivity contribution in [2.24, 2.45) is 10.7 Å². The van der Waals surface area contributed by atoms with Gasteiger partial charge in [0.25, 0.3) is 0 Å². The van der Waals surface area contributed by atoms with Crippen LogP contribution < -0.4 is 11.1 Å². The number of nitrogens with zero attached hydrogens (tertiary/aromatic N) is 1. The molecule has 1 fully saturated rings. The Morgan fingerprint density at radius 1 is 1.50 bits per heavy atom. The number of nitrogens with one attached hydrogen (secondary N) is 2. The normalized spacial score (nSPS) is 19.0. The van der Waals surface area contributed by atoms with Crippen molar-refractivity contribution in [2.75, 3.05) is 19.7 Å². The molecule has 1 aliphatic heterocycles. The number of aromatic amines is 1. The molecule has 1 unspecified atom stereocenters. The molecule has 1 aliphatic rings. The zero-order valence-electron chi connectivity index (χ0n) is 12.4. The smallest absolute Gasteiger partial charge is 0.188 e. The Bertz CT molecular complexity index is 661. The SMILES string of the molecule is NC(=NCC1CCCO1)NCCc1c[nH]c2ccc(Cl)cc12. The van der Waals surface area contributed by atoms with E-state index in [-0.39, 0.29) is 6.10 Å². The van der Waals surface area contributed by atoms with E-state index >= 15 is 0 Å². The molecule has 118 valence electrons. The molecule has 3 rings (SSSR count). The molecule has 0 radical (unpaired) electrons. The van der Waals surface area contributed by atoms with Crippen LogP contribution in [0.25, 0.3) is 10.9 Å². The predicted molar refractivity (Wildman–Crippen MR) is 90.5 cm³/mol. The molecule has 0 amide bonds. The first-order chi connectivity index (χ1) is 10.7. The number of nitrogens with two attached hydrogens (primary N) is 1. The Labute approximate surface area is 134 Å². The number of ether oxygens (including phenoxy) is 1. The van der Waals surface area contributed by atoms with E-state index < -0.39 is 0 Å². The highest BCUT2D eigenvalue weighted by Crippen LogP contribution is 2.22. The third-order valence-electron chi connectivity index (χ3n) is 3.92. The number of H-pyrrole nitrogens is 1. The molecule has 6 heteroatoms. The van der Waals surface area contributed by atoms with Gasteiger partial charge in [-0.3, -0.25) is 4.99 Å². The van der Waals surface area contributed by atoms with Crippen molar-refractivity contribution in [2.45, 2.75) is 25.4 Å². The quantitative estimate of drug-likeness (QED) is 0.585. The highest BCUT2D eigenvalue weighted by Gasteiger charge is 2.14. The number of aromatic nitrogens is 1. The summed E-state index contributed by atoms with van der Waals surface area (Å²) < 4.78 is 5.52. The first-order valence-corrected chi connectivity index (χ1v) is 8.01. The van der Waals surface area contributed by atoms with Crippen LogP contribution in [0.3, 0.4) is 0 Å². The summed E-state index contributed by atoms with van der Waals surface area (Å²) >= 11 is 6.06. The van der Waals surface area contributed by atoms with Crippen LogP contribution in [0.15, 0.2) is 29.4 Å². The molecule has 4 N–H and O–H groups in total. The maximum Gasteiger partial charge on any atom is 0.188 e. The van der Waals surface area contributed by atoms with Gasteiger partial charge >= 0.3 is 0 Å². The summed E-state index contributed by atoms with van der Waals surface area (Å²) in [7, 11) is 0. The number of aliphatic imine (C=N–C) groups is 1. The van der Waals surface area contributed by atoms with E-state index in [4.69, 9.17) is 22.1 Å². The molecule has 1 atom stereocenters. The Hall–Kier alpha value is -1.72. The van der Waals surface area contributed by atoms with Crippen LogP contribution in [0.1, 0.15) is 18.4 Å². The van der Waals surface area contributed by atoms with Crippen molar-refractivity contribution in [3.63, 3.8) is 0 Å². The molecule has 5 nitrogen and oxygen atoms in total.